The molecule has 0 amide bonds. The number of aromatic hydroxyl groups is 1. The van der Waals surface area contributed by atoms with E-state index in [4.69, 9.17) is 14.2 Å². The Bertz CT molecular complexity index is 1120. The summed E-state index contributed by atoms with van der Waals surface area (Å²) in [4.78, 5) is 11.2. The molecule has 1 aliphatic heterocycles. The number of carbonyl (C=O) groups is 1. The van der Waals surface area contributed by atoms with Gasteiger partial charge in [0.1, 0.15) is 23.7 Å². The van der Waals surface area contributed by atoms with Crippen molar-refractivity contribution < 1.29 is 34.3 Å². The lowest BCUT2D eigenvalue weighted by molar-refractivity contribution is -0.247. The number of hydrogen-bond acceptors (Lipinski definition) is 7. The van der Waals surface area contributed by atoms with Crippen molar-refractivity contribution in [2.75, 3.05) is 6.61 Å². The number of aryl methyl sites for hydroxylation is 1. The minimum Gasteiger partial charge on any atom is -0.508 e. The Labute approximate surface area is 246 Å². The molecule has 0 aromatic heterocycles. The van der Waals surface area contributed by atoms with Crippen LogP contribution in [-0.2, 0) is 20.7 Å². The molecule has 0 aliphatic carbocycles. The molecule has 0 bridgehead atoms. The Morgan fingerprint density at radius 3 is 2.00 bits per heavy atom. The first-order chi connectivity index (χ1) is 19.4. The number of aliphatic hydroxyl groups excluding tert-OH is 2. The number of phenols is 1. The van der Waals surface area contributed by atoms with Gasteiger partial charge in [-0.05, 0) is 104 Å². The molecule has 3 N–H and O–H groups in total. The quantitative estimate of drug-likeness (QED) is 0.167. The number of hydrogen-bond donors (Lipinski definition) is 3. The fourth-order valence-corrected chi connectivity index (χ4v) is 4.59. The maximum Gasteiger partial charge on any atom is 0.303 e. The maximum absolute atomic E-state index is 11.2. The zero-order valence-electron chi connectivity index (χ0n) is 25.9. The van der Waals surface area contributed by atoms with Gasteiger partial charge in [0.2, 0.25) is 6.29 Å². The van der Waals surface area contributed by atoms with Crippen LogP contribution in [0.1, 0.15) is 91.2 Å². The van der Waals surface area contributed by atoms with E-state index in [-0.39, 0.29) is 12.4 Å². The Hall–Kier alpha value is -2.87. The summed E-state index contributed by atoms with van der Waals surface area (Å²) in [7, 11) is 0. The fourth-order valence-electron chi connectivity index (χ4n) is 4.59. The van der Waals surface area contributed by atoms with Crippen molar-refractivity contribution in [3.05, 3.63) is 69.9 Å². The van der Waals surface area contributed by atoms with Gasteiger partial charge in [-0.15, -0.1) is 0 Å². The highest BCUT2D eigenvalue weighted by Crippen LogP contribution is 2.31. The summed E-state index contributed by atoms with van der Waals surface area (Å²) >= 11 is 0. The van der Waals surface area contributed by atoms with Gasteiger partial charge >= 0.3 is 5.97 Å². The lowest BCUT2D eigenvalue weighted by Gasteiger charge is -2.36. The molecule has 1 saturated heterocycles. The van der Waals surface area contributed by atoms with Gasteiger partial charge in [0.05, 0.1) is 6.61 Å². The van der Waals surface area contributed by atoms with Crippen LogP contribution in [-0.4, -0.2) is 52.5 Å². The topological polar surface area (TPSA) is 105 Å². The summed E-state index contributed by atoms with van der Waals surface area (Å²) in [5, 5.41) is 31.3. The van der Waals surface area contributed by atoms with E-state index in [1.54, 1.807) is 19.1 Å². The summed E-state index contributed by atoms with van der Waals surface area (Å²) < 4.78 is 16.4. The molecule has 7 heteroatoms. The molecule has 1 fully saturated rings. The van der Waals surface area contributed by atoms with E-state index in [9.17, 15) is 20.1 Å². The summed E-state index contributed by atoms with van der Waals surface area (Å²) in [6, 6.07) is 3.35. The molecule has 1 aliphatic rings. The van der Waals surface area contributed by atoms with Crippen LogP contribution in [0.4, 0.5) is 0 Å². The van der Waals surface area contributed by atoms with Crippen molar-refractivity contribution in [2.45, 2.75) is 118 Å². The van der Waals surface area contributed by atoms with Crippen molar-refractivity contribution >= 4 is 5.97 Å². The smallest absolute Gasteiger partial charge is 0.303 e. The first-order valence-corrected chi connectivity index (χ1v) is 14.6. The van der Waals surface area contributed by atoms with Gasteiger partial charge in [0.25, 0.3) is 0 Å². The van der Waals surface area contributed by atoms with Gasteiger partial charge < -0.3 is 29.5 Å². The van der Waals surface area contributed by atoms with Gasteiger partial charge in [-0.25, -0.2) is 0 Å². The standard InChI is InChI=1S/C34H50O7/c1-22(2)11-8-12-23(3)13-9-14-24(4)15-10-16-25(5)17-18-28-20-30(26(6)19-29(28)36)41-34-33(38)32(37)31(21-39-34)40-27(7)35/h11,13,15,17,19-20,31-34,36-38H,8-10,12,14,16,18,21H2,1-7H3/b23-13+,24-15+,25-17+/t31-,32-,33+,34+/m1/s1. The summed E-state index contributed by atoms with van der Waals surface area (Å²) in [5.41, 5.74) is 6.82. The minimum atomic E-state index is -1.41. The predicted molar refractivity (Wildman–Crippen MR) is 163 cm³/mol. The van der Waals surface area contributed by atoms with Crippen LogP contribution >= 0.6 is 0 Å². The molecule has 1 heterocycles. The number of carbonyl (C=O) groups excluding carboxylic acids is 1. The van der Waals surface area contributed by atoms with Gasteiger partial charge in [0.15, 0.2) is 6.10 Å². The number of rotatable bonds is 14. The molecule has 1 aromatic carbocycles. The maximum atomic E-state index is 11.2. The third-order valence-electron chi connectivity index (χ3n) is 7.20. The lowest BCUT2D eigenvalue weighted by Crippen LogP contribution is -2.56. The molecular weight excluding hydrogens is 520 g/mol. The van der Waals surface area contributed by atoms with Crippen LogP contribution in [0.2, 0.25) is 0 Å². The van der Waals surface area contributed by atoms with E-state index in [1.165, 1.54) is 29.2 Å². The molecule has 4 atom stereocenters. The Balaban J connectivity index is 1.88. The highest BCUT2D eigenvalue weighted by Gasteiger charge is 2.41. The Morgan fingerprint density at radius 2 is 1.44 bits per heavy atom. The molecule has 7 nitrogen and oxygen atoms in total. The first kappa shape index (κ1) is 34.3. The van der Waals surface area contributed by atoms with E-state index in [0.29, 0.717) is 23.3 Å². The van der Waals surface area contributed by atoms with Crippen molar-refractivity contribution in [1.82, 2.24) is 0 Å². The molecule has 0 radical (unpaired) electrons. The average Bonchev–Trinajstić information content (AvgIpc) is 2.88. The van der Waals surface area contributed by atoms with Crippen LogP contribution in [0.25, 0.3) is 0 Å². The third-order valence-corrected chi connectivity index (χ3v) is 7.20. The van der Waals surface area contributed by atoms with Gasteiger partial charge in [-0.2, -0.15) is 0 Å². The molecule has 228 valence electrons. The van der Waals surface area contributed by atoms with Crippen LogP contribution in [0, 0.1) is 6.92 Å². The van der Waals surface area contributed by atoms with Crippen LogP contribution in [0.5, 0.6) is 11.5 Å². The number of ether oxygens (including phenoxy) is 3. The fraction of sp³-hybridized carbons (Fsp3) is 0.559. The SMILES string of the molecule is CC(=O)O[C@@H]1CO[C@@H](Oc2cc(C/C=C(\C)CC/C=C(\C)CC/C=C(\C)CCC=C(C)C)c(O)cc2C)[C@@H](O)[C@@H]1O. The van der Waals surface area contributed by atoms with E-state index >= 15 is 0 Å². The van der Waals surface area contributed by atoms with Gasteiger partial charge in [-0.1, -0.05) is 46.6 Å². The van der Waals surface area contributed by atoms with E-state index < -0.39 is 30.6 Å². The zero-order chi connectivity index (χ0) is 30.5. The average molecular weight is 571 g/mol. The van der Waals surface area contributed by atoms with Crippen LogP contribution in [0.15, 0.2) is 58.7 Å². The molecule has 0 unspecified atom stereocenters. The van der Waals surface area contributed by atoms with Gasteiger partial charge in [-0.3, -0.25) is 4.79 Å². The predicted octanol–water partition coefficient (Wildman–Crippen LogP) is 6.78. The highest BCUT2D eigenvalue weighted by molar-refractivity contribution is 5.66. The summed E-state index contributed by atoms with van der Waals surface area (Å²) in [6.07, 6.45) is 11.0. The van der Waals surface area contributed by atoms with Crippen molar-refractivity contribution in [3.8, 4) is 11.5 Å². The molecule has 1 aromatic rings. The van der Waals surface area contributed by atoms with Crippen molar-refractivity contribution in [3.63, 3.8) is 0 Å². The Kier molecular flexibility index (Phi) is 14.4. The van der Waals surface area contributed by atoms with E-state index in [2.05, 4.69) is 58.9 Å². The number of allylic oxidation sites excluding steroid dienone is 8. The molecule has 0 spiro atoms. The molecular formula is C34H50O7. The largest absolute Gasteiger partial charge is 0.508 e. The number of esters is 1. The second kappa shape index (κ2) is 17.2. The van der Waals surface area contributed by atoms with Crippen LogP contribution in [0.3, 0.4) is 0 Å². The molecule has 2 rings (SSSR count). The summed E-state index contributed by atoms with van der Waals surface area (Å²) in [5.74, 6) is 0.0340. The van der Waals surface area contributed by atoms with Gasteiger partial charge in [0, 0.05) is 12.5 Å². The molecule has 0 saturated carbocycles. The molecule has 41 heavy (non-hydrogen) atoms. The van der Waals surface area contributed by atoms with E-state index in [1.807, 2.05) is 0 Å². The Morgan fingerprint density at radius 1 is 0.878 bits per heavy atom. The summed E-state index contributed by atoms with van der Waals surface area (Å²) in [6.45, 7) is 13.7. The highest BCUT2D eigenvalue weighted by atomic mass is 16.7. The lowest BCUT2D eigenvalue weighted by atomic mass is 10.0. The van der Waals surface area contributed by atoms with E-state index in [0.717, 1.165) is 38.5 Å². The number of aliphatic hydroxyl groups is 2. The second-order valence-corrected chi connectivity index (χ2v) is 11.4. The normalized spacial score (nSPS) is 21.9. The number of benzene rings is 1. The third kappa shape index (κ3) is 12.3. The van der Waals surface area contributed by atoms with Crippen molar-refractivity contribution in [2.24, 2.45) is 0 Å². The zero-order valence-corrected chi connectivity index (χ0v) is 25.9. The van der Waals surface area contributed by atoms with Crippen LogP contribution < -0.4 is 4.74 Å². The first-order valence-electron chi connectivity index (χ1n) is 14.6. The second-order valence-electron chi connectivity index (χ2n) is 11.4. The monoisotopic (exact) mass is 570 g/mol. The minimum absolute atomic E-state index is 0.102. The van der Waals surface area contributed by atoms with Crippen molar-refractivity contribution in [1.29, 1.82) is 0 Å². The number of phenolic OH excluding ortho intramolecular Hbond substituents is 1.